The average Bonchev–Trinajstić information content (AvgIpc) is 3.00. The molecule has 0 saturated carbocycles. The van der Waals surface area contributed by atoms with Crippen molar-refractivity contribution in [1.29, 1.82) is 0 Å². The number of carbonyl (C=O) groups is 4. The summed E-state index contributed by atoms with van der Waals surface area (Å²) >= 11 is 0. The maximum Gasteiger partial charge on any atom is 0.330 e. The van der Waals surface area contributed by atoms with Crippen molar-refractivity contribution in [1.82, 2.24) is 9.80 Å². The molecule has 2 aromatic rings. The van der Waals surface area contributed by atoms with Gasteiger partial charge in [-0.25, -0.2) is 4.79 Å². The number of imide groups is 1. The molecule has 2 aromatic carbocycles. The number of rotatable bonds is 7. The molecule has 0 N–H and O–H groups in total. The number of ether oxygens (including phenoxy) is 1. The Bertz CT molecular complexity index is 965. The first kappa shape index (κ1) is 22.2. The number of benzene rings is 2. The van der Waals surface area contributed by atoms with Crippen LogP contribution >= 0.6 is 0 Å². The van der Waals surface area contributed by atoms with Crippen molar-refractivity contribution in [2.24, 2.45) is 5.92 Å². The summed E-state index contributed by atoms with van der Waals surface area (Å²) in [5, 5.41) is 0. The highest BCUT2D eigenvalue weighted by Gasteiger charge is 2.44. The van der Waals surface area contributed by atoms with Crippen molar-refractivity contribution >= 4 is 23.7 Å². The molecule has 0 aromatic heterocycles. The highest BCUT2D eigenvalue weighted by Crippen LogP contribution is 2.29. The van der Waals surface area contributed by atoms with Crippen LogP contribution in [0.25, 0.3) is 0 Å². The van der Waals surface area contributed by atoms with Crippen LogP contribution in [0.15, 0.2) is 54.6 Å². The molecule has 162 valence electrons. The van der Waals surface area contributed by atoms with Crippen molar-refractivity contribution in [3.05, 3.63) is 71.3 Å². The van der Waals surface area contributed by atoms with Gasteiger partial charge >= 0.3 is 5.97 Å². The average molecular weight is 422 g/mol. The van der Waals surface area contributed by atoms with Crippen LogP contribution in [0.2, 0.25) is 0 Å². The molecule has 0 saturated heterocycles. The molecule has 0 spiro atoms. The third kappa shape index (κ3) is 4.50. The van der Waals surface area contributed by atoms with Crippen LogP contribution in [0.3, 0.4) is 0 Å². The fourth-order valence-electron chi connectivity index (χ4n) is 3.56. The molecular weight excluding hydrogens is 396 g/mol. The number of likely N-dealkylation sites (N-methyl/N-ethyl adjacent to an activating group) is 1. The molecule has 7 nitrogen and oxygen atoms in total. The van der Waals surface area contributed by atoms with E-state index in [1.54, 1.807) is 68.7 Å². The van der Waals surface area contributed by atoms with Gasteiger partial charge in [0, 0.05) is 19.7 Å². The molecule has 2 atom stereocenters. The van der Waals surface area contributed by atoms with E-state index in [-0.39, 0.29) is 23.5 Å². The van der Waals surface area contributed by atoms with E-state index in [0.29, 0.717) is 5.56 Å². The minimum Gasteiger partial charge on any atom is -0.446 e. The molecule has 0 fully saturated rings. The summed E-state index contributed by atoms with van der Waals surface area (Å²) in [5.41, 5.74) is 1.04. The van der Waals surface area contributed by atoms with Gasteiger partial charge in [-0.15, -0.1) is 0 Å². The van der Waals surface area contributed by atoms with Crippen LogP contribution in [-0.2, 0) is 14.3 Å². The minimum atomic E-state index is -1.17. The minimum absolute atomic E-state index is 0.00147. The summed E-state index contributed by atoms with van der Waals surface area (Å²) < 4.78 is 5.65. The van der Waals surface area contributed by atoms with Gasteiger partial charge in [-0.05, 0) is 24.5 Å². The number of carbonyl (C=O) groups excluding carboxylic acids is 4. The predicted molar refractivity (Wildman–Crippen MR) is 114 cm³/mol. The van der Waals surface area contributed by atoms with Gasteiger partial charge < -0.3 is 9.64 Å². The second kappa shape index (κ2) is 9.12. The molecule has 1 aliphatic rings. The van der Waals surface area contributed by atoms with Crippen molar-refractivity contribution < 1.29 is 23.9 Å². The molecule has 0 aliphatic carbocycles. The van der Waals surface area contributed by atoms with Crippen LogP contribution < -0.4 is 0 Å². The van der Waals surface area contributed by atoms with Crippen molar-refractivity contribution in [3.63, 3.8) is 0 Å². The topological polar surface area (TPSA) is 84.0 Å². The van der Waals surface area contributed by atoms with E-state index in [2.05, 4.69) is 0 Å². The number of hydrogen-bond acceptors (Lipinski definition) is 5. The van der Waals surface area contributed by atoms with Gasteiger partial charge in [0.05, 0.1) is 11.1 Å². The van der Waals surface area contributed by atoms with Gasteiger partial charge in [-0.2, -0.15) is 0 Å². The maximum absolute atomic E-state index is 13.3. The largest absolute Gasteiger partial charge is 0.446 e. The summed E-state index contributed by atoms with van der Waals surface area (Å²) in [6, 6.07) is 14.0. The van der Waals surface area contributed by atoms with Gasteiger partial charge in [0.15, 0.2) is 0 Å². The lowest BCUT2D eigenvalue weighted by molar-refractivity contribution is -0.163. The van der Waals surface area contributed by atoms with Crippen molar-refractivity contribution in [2.75, 3.05) is 14.1 Å². The zero-order chi connectivity index (χ0) is 22.7. The zero-order valence-corrected chi connectivity index (χ0v) is 18.1. The third-order valence-corrected chi connectivity index (χ3v) is 5.11. The van der Waals surface area contributed by atoms with E-state index in [1.807, 2.05) is 13.8 Å². The zero-order valence-electron chi connectivity index (χ0n) is 18.1. The van der Waals surface area contributed by atoms with Crippen LogP contribution in [-0.4, -0.2) is 53.6 Å². The highest BCUT2D eigenvalue weighted by atomic mass is 16.6. The van der Waals surface area contributed by atoms with Gasteiger partial charge in [-0.3, -0.25) is 19.3 Å². The maximum atomic E-state index is 13.3. The number of hydrogen-bond donors (Lipinski definition) is 0. The van der Waals surface area contributed by atoms with E-state index in [1.165, 1.54) is 4.90 Å². The van der Waals surface area contributed by atoms with Gasteiger partial charge in [0.1, 0.15) is 6.04 Å². The van der Waals surface area contributed by atoms with E-state index < -0.39 is 35.8 Å². The molecule has 7 heteroatoms. The Morgan fingerprint density at radius 3 is 1.90 bits per heavy atom. The van der Waals surface area contributed by atoms with Gasteiger partial charge in [0.2, 0.25) is 6.10 Å². The quantitative estimate of drug-likeness (QED) is 0.506. The lowest BCUT2D eigenvalue weighted by atomic mass is 10.0. The lowest BCUT2D eigenvalue weighted by Gasteiger charge is -2.28. The Morgan fingerprint density at radius 2 is 1.42 bits per heavy atom. The first-order chi connectivity index (χ1) is 14.7. The fraction of sp³-hybridized carbons (Fsp3) is 0.333. The van der Waals surface area contributed by atoms with Crippen LogP contribution in [0.5, 0.6) is 0 Å². The van der Waals surface area contributed by atoms with E-state index >= 15 is 0 Å². The monoisotopic (exact) mass is 422 g/mol. The summed E-state index contributed by atoms with van der Waals surface area (Å²) in [4.78, 5) is 54.2. The van der Waals surface area contributed by atoms with Gasteiger partial charge in [-0.1, -0.05) is 56.3 Å². The third-order valence-electron chi connectivity index (χ3n) is 5.11. The molecule has 3 rings (SSSR count). The first-order valence-electron chi connectivity index (χ1n) is 10.2. The summed E-state index contributed by atoms with van der Waals surface area (Å²) in [5.74, 6) is -2.25. The second-order valence-corrected chi connectivity index (χ2v) is 8.13. The van der Waals surface area contributed by atoms with E-state index in [4.69, 9.17) is 4.74 Å². The number of fused-ring (bicyclic) bond motifs is 1. The van der Waals surface area contributed by atoms with Crippen LogP contribution in [0.4, 0.5) is 0 Å². The SMILES string of the molecule is CC(C)C[C@H](C(=O)O[C@H](C(=O)N(C)C)c1ccccc1)N1C(=O)c2ccccc2C1=O. The number of esters is 1. The Hall–Kier alpha value is -3.48. The number of amides is 3. The molecular formula is C24H26N2O5. The van der Waals surface area contributed by atoms with Crippen LogP contribution in [0, 0.1) is 5.92 Å². The molecule has 0 radical (unpaired) electrons. The molecule has 0 unspecified atom stereocenters. The van der Waals surface area contributed by atoms with E-state index in [0.717, 1.165) is 4.90 Å². The first-order valence-corrected chi connectivity index (χ1v) is 10.2. The van der Waals surface area contributed by atoms with E-state index in [9.17, 15) is 19.2 Å². The smallest absolute Gasteiger partial charge is 0.330 e. The Balaban J connectivity index is 1.94. The number of nitrogens with zero attached hydrogens (tertiary/aromatic N) is 2. The Morgan fingerprint density at radius 1 is 0.903 bits per heavy atom. The molecule has 1 heterocycles. The van der Waals surface area contributed by atoms with Crippen LogP contribution in [0.1, 0.15) is 52.7 Å². The van der Waals surface area contributed by atoms with Crippen molar-refractivity contribution in [2.45, 2.75) is 32.4 Å². The molecule has 3 amide bonds. The second-order valence-electron chi connectivity index (χ2n) is 8.13. The predicted octanol–water partition coefficient (Wildman–Crippen LogP) is 3.07. The lowest BCUT2D eigenvalue weighted by Crippen LogP contribution is -2.47. The molecule has 31 heavy (non-hydrogen) atoms. The highest BCUT2D eigenvalue weighted by molar-refractivity contribution is 6.22. The normalized spacial score (nSPS) is 14.9. The van der Waals surface area contributed by atoms with Gasteiger partial charge in [0.25, 0.3) is 17.7 Å². The Kier molecular flexibility index (Phi) is 6.53. The molecule has 0 bridgehead atoms. The standard InChI is InChI=1S/C24H26N2O5/c1-15(2)14-19(26-21(27)17-12-8-9-13-18(17)22(26)28)24(30)31-20(23(29)25(3)4)16-10-6-5-7-11-16/h5-13,15,19-20H,14H2,1-4H3/t19-,20+/m1/s1. The summed E-state index contributed by atoms with van der Waals surface area (Å²) in [6.07, 6.45) is -0.948. The summed E-state index contributed by atoms with van der Waals surface area (Å²) in [6.45, 7) is 3.77. The molecule has 1 aliphatic heterocycles. The van der Waals surface area contributed by atoms with Crippen molar-refractivity contribution in [3.8, 4) is 0 Å². The Labute approximate surface area is 181 Å². The summed E-state index contributed by atoms with van der Waals surface area (Å²) in [7, 11) is 3.14. The fourth-order valence-corrected chi connectivity index (χ4v) is 3.56.